The third kappa shape index (κ3) is 5.01. The van der Waals surface area contributed by atoms with Crippen LogP contribution in [0.5, 0.6) is 11.5 Å². The number of nitrogens with one attached hydrogen (secondary N) is 1. The number of ether oxygens (including phenoxy) is 2. The number of carbonyl (C=O) groups is 1. The third-order valence-corrected chi connectivity index (χ3v) is 3.43. The SMILES string of the molecule is CCOc1ccc(C(=O)NC(C)C)cc1COc1cccc(C)c1. The minimum atomic E-state index is -0.0927. The molecule has 0 radical (unpaired) electrons. The predicted octanol–water partition coefficient (Wildman–Crippen LogP) is 4.11. The second-order valence-corrected chi connectivity index (χ2v) is 5.99. The van der Waals surface area contributed by atoms with Gasteiger partial charge in [-0.05, 0) is 63.6 Å². The molecule has 0 unspecified atom stereocenters. The number of rotatable bonds is 7. The molecule has 2 aromatic carbocycles. The summed E-state index contributed by atoms with van der Waals surface area (Å²) < 4.78 is 11.5. The summed E-state index contributed by atoms with van der Waals surface area (Å²) in [4.78, 5) is 12.2. The van der Waals surface area contributed by atoms with E-state index in [1.54, 1.807) is 6.07 Å². The Morgan fingerprint density at radius 2 is 1.92 bits per heavy atom. The minimum absolute atomic E-state index is 0.0927. The fourth-order valence-corrected chi connectivity index (χ4v) is 2.34. The lowest BCUT2D eigenvalue weighted by Crippen LogP contribution is -2.30. The van der Waals surface area contributed by atoms with Gasteiger partial charge in [0.2, 0.25) is 0 Å². The Bertz CT molecular complexity index is 695. The molecule has 0 aromatic heterocycles. The smallest absolute Gasteiger partial charge is 0.251 e. The lowest BCUT2D eigenvalue weighted by Gasteiger charge is -2.14. The van der Waals surface area contributed by atoms with Crippen molar-refractivity contribution in [3.05, 3.63) is 59.2 Å². The van der Waals surface area contributed by atoms with Crippen molar-refractivity contribution in [2.75, 3.05) is 6.61 Å². The zero-order valence-corrected chi connectivity index (χ0v) is 14.8. The normalized spacial score (nSPS) is 10.5. The summed E-state index contributed by atoms with van der Waals surface area (Å²) in [7, 11) is 0. The van der Waals surface area contributed by atoms with E-state index in [-0.39, 0.29) is 11.9 Å². The highest BCUT2D eigenvalue weighted by atomic mass is 16.5. The summed E-state index contributed by atoms with van der Waals surface area (Å²) in [6.07, 6.45) is 0. The number of aryl methyl sites for hydroxylation is 1. The Balaban J connectivity index is 2.19. The maximum atomic E-state index is 12.2. The highest BCUT2D eigenvalue weighted by molar-refractivity contribution is 5.94. The molecule has 1 amide bonds. The molecule has 4 nitrogen and oxygen atoms in total. The number of hydrogen-bond donors (Lipinski definition) is 1. The van der Waals surface area contributed by atoms with Gasteiger partial charge in [-0.25, -0.2) is 0 Å². The first kappa shape index (κ1) is 17.9. The fraction of sp³-hybridized carbons (Fsp3) is 0.350. The summed E-state index contributed by atoms with van der Waals surface area (Å²) >= 11 is 0. The van der Waals surface area contributed by atoms with Crippen LogP contribution < -0.4 is 14.8 Å². The molecule has 0 aliphatic heterocycles. The van der Waals surface area contributed by atoms with E-state index in [9.17, 15) is 4.79 Å². The second kappa shape index (κ2) is 8.39. The van der Waals surface area contributed by atoms with Crippen LogP contribution in [0.3, 0.4) is 0 Å². The zero-order chi connectivity index (χ0) is 17.5. The average molecular weight is 327 g/mol. The summed E-state index contributed by atoms with van der Waals surface area (Å²) in [5.74, 6) is 1.45. The number of amides is 1. The third-order valence-electron chi connectivity index (χ3n) is 3.43. The molecule has 2 aromatic rings. The van der Waals surface area contributed by atoms with Gasteiger partial charge in [0.05, 0.1) is 6.61 Å². The van der Waals surface area contributed by atoms with E-state index in [1.807, 2.05) is 64.1 Å². The van der Waals surface area contributed by atoms with Crippen molar-refractivity contribution >= 4 is 5.91 Å². The zero-order valence-electron chi connectivity index (χ0n) is 14.8. The molecule has 0 heterocycles. The molecule has 0 aliphatic rings. The van der Waals surface area contributed by atoms with E-state index >= 15 is 0 Å². The summed E-state index contributed by atoms with van der Waals surface area (Å²) in [6.45, 7) is 8.75. The van der Waals surface area contributed by atoms with E-state index < -0.39 is 0 Å². The van der Waals surface area contributed by atoms with E-state index in [0.29, 0.717) is 18.8 Å². The molecule has 128 valence electrons. The molecule has 2 rings (SSSR count). The van der Waals surface area contributed by atoms with Crippen LogP contribution in [0.1, 0.15) is 42.3 Å². The standard InChI is InChI=1S/C20H25NO3/c1-5-23-19-10-9-16(20(22)21-14(2)3)12-17(19)13-24-18-8-6-7-15(4)11-18/h6-12,14H,5,13H2,1-4H3,(H,21,22). The van der Waals surface area contributed by atoms with Gasteiger partial charge >= 0.3 is 0 Å². The van der Waals surface area contributed by atoms with Gasteiger partial charge in [0.25, 0.3) is 5.91 Å². The first-order valence-electron chi connectivity index (χ1n) is 8.25. The van der Waals surface area contributed by atoms with E-state index in [1.165, 1.54) is 0 Å². The Morgan fingerprint density at radius 3 is 2.58 bits per heavy atom. The van der Waals surface area contributed by atoms with Crippen molar-refractivity contribution in [1.82, 2.24) is 5.32 Å². The molecular weight excluding hydrogens is 302 g/mol. The Hall–Kier alpha value is -2.49. The van der Waals surface area contributed by atoms with Crippen LogP contribution in [0.15, 0.2) is 42.5 Å². The Labute approximate surface area is 143 Å². The van der Waals surface area contributed by atoms with Gasteiger partial charge in [0, 0.05) is 17.2 Å². The fourth-order valence-electron chi connectivity index (χ4n) is 2.34. The Kier molecular flexibility index (Phi) is 6.24. The number of hydrogen-bond acceptors (Lipinski definition) is 3. The van der Waals surface area contributed by atoms with Crippen molar-refractivity contribution in [2.24, 2.45) is 0 Å². The molecule has 4 heteroatoms. The van der Waals surface area contributed by atoms with Gasteiger partial charge in [0.1, 0.15) is 18.1 Å². The number of carbonyl (C=O) groups excluding carboxylic acids is 1. The topological polar surface area (TPSA) is 47.6 Å². The molecule has 0 atom stereocenters. The second-order valence-electron chi connectivity index (χ2n) is 5.99. The molecule has 0 spiro atoms. The lowest BCUT2D eigenvalue weighted by molar-refractivity contribution is 0.0943. The van der Waals surface area contributed by atoms with Crippen LogP contribution in [0.4, 0.5) is 0 Å². The molecule has 0 bridgehead atoms. The van der Waals surface area contributed by atoms with Crippen molar-refractivity contribution in [2.45, 2.75) is 40.3 Å². The highest BCUT2D eigenvalue weighted by Gasteiger charge is 2.12. The van der Waals surface area contributed by atoms with E-state index in [0.717, 1.165) is 22.6 Å². The van der Waals surface area contributed by atoms with Crippen LogP contribution >= 0.6 is 0 Å². The maximum Gasteiger partial charge on any atom is 0.251 e. The monoisotopic (exact) mass is 327 g/mol. The van der Waals surface area contributed by atoms with Crippen LogP contribution in [0, 0.1) is 6.92 Å². The highest BCUT2D eigenvalue weighted by Crippen LogP contribution is 2.23. The predicted molar refractivity (Wildman–Crippen MR) is 95.7 cm³/mol. The molecule has 1 N–H and O–H groups in total. The molecule has 0 aliphatic carbocycles. The van der Waals surface area contributed by atoms with Crippen molar-refractivity contribution < 1.29 is 14.3 Å². The van der Waals surface area contributed by atoms with E-state index in [4.69, 9.17) is 9.47 Å². The first-order valence-corrected chi connectivity index (χ1v) is 8.25. The summed E-state index contributed by atoms with van der Waals surface area (Å²) in [5, 5.41) is 2.90. The van der Waals surface area contributed by atoms with Crippen LogP contribution in [0.2, 0.25) is 0 Å². The first-order chi connectivity index (χ1) is 11.5. The number of benzene rings is 2. The van der Waals surface area contributed by atoms with Gasteiger partial charge < -0.3 is 14.8 Å². The maximum absolute atomic E-state index is 12.2. The van der Waals surface area contributed by atoms with Crippen LogP contribution in [-0.2, 0) is 6.61 Å². The quantitative estimate of drug-likeness (QED) is 0.832. The average Bonchev–Trinajstić information content (AvgIpc) is 2.53. The van der Waals surface area contributed by atoms with Gasteiger partial charge in [0.15, 0.2) is 0 Å². The molecule has 0 saturated heterocycles. The van der Waals surface area contributed by atoms with Crippen LogP contribution in [0.25, 0.3) is 0 Å². The van der Waals surface area contributed by atoms with E-state index in [2.05, 4.69) is 5.32 Å². The van der Waals surface area contributed by atoms with Crippen molar-refractivity contribution in [3.63, 3.8) is 0 Å². The van der Waals surface area contributed by atoms with Gasteiger partial charge in [-0.2, -0.15) is 0 Å². The minimum Gasteiger partial charge on any atom is -0.493 e. The van der Waals surface area contributed by atoms with Gasteiger partial charge in [-0.15, -0.1) is 0 Å². The van der Waals surface area contributed by atoms with Gasteiger partial charge in [-0.1, -0.05) is 12.1 Å². The lowest BCUT2D eigenvalue weighted by atomic mass is 10.1. The van der Waals surface area contributed by atoms with Crippen molar-refractivity contribution in [1.29, 1.82) is 0 Å². The molecular formula is C20H25NO3. The van der Waals surface area contributed by atoms with Gasteiger partial charge in [-0.3, -0.25) is 4.79 Å². The summed E-state index contributed by atoms with van der Waals surface area (Å²) in [6, 6.07) is 13.4. The molecule has 0 saturated carbocycles. The molecule has 24 heavy (non-hydrogen) atoms. The molecule has 0 fully saturated rings. The summed E-state index contributed by atoms with van der Waals surface area (Å²) in [5.41, 5.74) is 2.60. The Morgan fingerprint density at radius 1 is 1.12 bits per heavy atom. The largest absolute Gasteiger partial charge is 0.493 e. The van der Waals surface area contributed by atoms with Crippen molar-refractivity contribution in [3.8, 4) is 11.5 Å². The van der Waals surface area contributed by atoms with Crippen LogP contribution in [-0.4, -0.2) is 18.6 Å².